The van der Waals surface area contributed by atoms with Gasteiger partial charge in [0.25, 0.3) is 5.95 Å². The van der Waals surface area contributed by atoms with Crippen molar-refractivity contribution in [2.45, 2.75) is 46.6 Å². The zero-order valence-corrected chi connectivity index (χ0v) is 11.9. The van der Waals surface area contributed by atoms with Gasteiger partial charge in [-0.1, -0.05) is 13.8 Å². The Morgan fingerprint density at radius 2 is 2.11 bits per heavy atom. The van der Waals surface area contributed by atoms with E-state index < -0.39 is 0 Å². The Morgan fingerprint density at radius 3 is 2.72 bits per heavy atom. The lowest BCUT2D eigenvalue weighted by Gasteiger charge is -2.36. The maximum absolute atomic E-state index is 5.46. The highest BCUT2D eigenvalue weighted by Crippen LogP contribution is 2.39. The topological polar surface area (TPSA) is 54.2 Å². The van der Waals surface area contributed by atoms with Gasteiger partial charge < -0.3 is 14.7 Å². The number of piperidine rings is 1. The van der Waals surface area contributed by atoms with E-state index in [0.717, 1.165) is 25.5 Å². The van der Waals surface area contributed by atoms with Crippen LogP contribution in [0.1, 0.15) is 52.5 Å². The SMILES string of the molecule is CCN(CC)c1noc(C2NCCCC2(C)C)n1. The van der Waals surface area contributed by atoms with Crippen LogP contribution in [0, 0.1) is 5.41 Å². The molecule has 1 saturated heterocycles. The molecule has 1 aliphatic heterocycles. The molecule has 1 aromatic rings. The van der Waals surface area contributed by atoms with Crippen LogP contribution in [0.2, 0.25) is 0 Å². The first-order chi connectivity index (χ1) is 8.58. The average molecular weight is 252 g/mol. The molecule has 1 unspecified atom stereocenters. The predicted octanol–water partition coefficient (Wildman–Crippen LogP) is 2.37. The summed E-state index contributed by atoms with van der Waals surface area (Å²) in [5, 5.41) is 7.60. The molecule has 2 heterocycles. The van der Waals surface area contributed by atoms with Gasteiger partial charge in [-0.05, 0) is 43.8 Å². The molecule has 0 amide bonds. The highest BCUT2D eigenvalue weighted by atomic mass is 16.5. The molecule has 2 rings (SSSR count). The van der Waals surface area contributed by atoms with E-state index >= 15 is 0 Å². The molecule has 5 heteroatoms. The van der Waals surface area contributed by atoms with Gasteiger partial charge in [-0.2, -0.15) is 4.98 Å². The maximum atomic E-state index is 5.46. The molecule has 1 aromatic heterocycles. The first-order valence-electron chi connectivity index (χ1n) is 6.90. The van der Waals surface area contributed by atoms with Crippen molar-refractivity contribution in [3.63, 3.8) is 0 Å². The first kappa shape index (κ1) is 13.3. The van der Waals surface area contributed by atoms with Crippen LogP contribution in [0.4, 0.5) is 5.95 Å². The van der Waals surface area contributed by atoms with Crippen LogP contribution in [0.25, 0.3) is 0 Å². The largest absolute Gasteiger partial charge is 0.339 e. The number of nitrogens with one attached hydrogen (secondary N) is 1. The second kappa shape index (κ2) is 5.26. The molecule has 102 valence electrons. The molecule has 5 nitrogen and oxygen atoms in total. The van der Waals surface area contributed by atoms with Crippen molar-refractivity contribution in [3.05, 3.63) is 5.89 Å². The summed E-state index contributed by atoms with van der Waals surface area (Å²) in [5.74, 6) is 1.43. The number of hydrogen-bond donors (Lipinski definition) is 1. The van der Waals surface area contributed by atoms with Gasteiger partial charge in [-0.3, -0.25) is 0 Å². The van der Waals surface area contributed by atoms with Gasteiger partial charge in [0.2, 0.25) is 5.89 Å². The summed E-state index contributed by atoms with van der Waals surface area (Å²) in [5.41, 5.74) is 0.172. The fourth-order valence-corrected chi connectivity index (χ4v) is 2.61. The summed E-state index contributed by atoms with van der Waals surface area (Å²) in [6.45, 7) is 11.5. The summed E-state index contributed by atoms with van der Waals surface area (Å²) in [6, 6.07) is 0.170. The Hall–Kier alpha value is -1.10. The molecule has 0 spiro atoms. The van der Waals surface area contributed by atoms with Crippen LogP contribution < -0.4 is 10.2 Å². The number of anilines is 1. The van der Waals surface area contributed by atoms with Crippen LogP contribution in [-0.2, 0) is 0 Å². The van der Waals surface area contributed by atoms with E-state index in [4.69, 9.17) is 4.52 Å². The van der Waals surface area contributed by atoms with E-state index in [-0.39, 0.29) is 11.5 Å². The van der Waals surface area contributed by atoms with Crippen LogP contribution in [0.3, 0.4) is 0 Å². The zero-order chi connectivity index (χ0) is 13.2. The third-order valence-electron chi connectivity index (χ3n) is 3.85. The molecule has 1 aliphatic rings. The fourth-order valence-electron chi connectivity index (χ4n) is 2.61. The van der Waals surface area contributed by atoms with Gasteiger partial charge >= 0.3 is 0 Å². The molecule has 0 aromatic carbocycles. The van der Waals surface area contributed by atoms with Crippen molar-refractivity contribution < 1.29 is 4.52 Å². The van der Waals surface area contributed by atoms with E-state index in [1.54, 1.807) is 0 Å². The lowest BCUT2D eigenvalue weighted by atomic mass is 9.77. The van der Waals surface area contributed by atoms with E-state index in [1.165, 1.54) is 12.8 Å². The summed E-state index contributed by atoms with van der Waals surface area (Å²) < 4.78 is 5.46. The lowest BCUT2D eigenvalue weighted by Crippen LogP contribution is -2.40. The van der Waals surface area contributed by atoms with E-state index in [2.05, 4.69) is 48.1 Å². The molecule has 1 N–H and O–H groups in total. The number of aromatic nitrogens is 2. The second-order valence-electron chi connectivity index (χ2n) is 5.58. The maximum Gasteiger partial charge on any atom is 0.266 e. The van der Waals surface area contributed by atoms with Crippen LogP contribution >= 0.6 is 0 Å². The minimum atomic E-state index is 0.170. The Kier molecular flexibility index (Phi) is 3.90. The van der Waals surface area contributed by atoms with Gasteiger partial charge in [-0.15, -0.1) is 0 Å². The quantitative estimate of drug-likeness (QED) is 0.891. The first-order valence-corrected chi connectivity index (χ1v) is 6.90. The predicted molar refractivity (Wildman–Crippen MR) is 71.6 cm³/mol. The Labute approximate surface area is 109 Å². The zero-order valence-electron chi connectivity index (χ0n) is 11.9. The normalized spacial score (nSPS) is 23.0. The summed E-state index contributed by atoms with van der Waals surface area (Å²) in [4.78, 5) is 6.66. The van der Waals surface area contributed by atoms with Crippen molar-refractivity contribution in [1.29, 1.82) is 0 Å². The highest BCUT2D eigenvalue weighted by molar-refractivity contribution is 5.27. The second-order valence-corrected chi connectivity index (χ2v) is 5.58. The minimum Gasteiger partial charge on any atom is -0.339 e. The number of rotatable bonds is 4. The molecule has 0 aliphatic carbocycles. The van der Waals surface area contributed by atoms with E-state index in [0.29, 0.717) is 5.95 Å². The minimum absolute atomic E-state index is 0.170. The smallest absolute Gasteiger partial charge is 0.266 e. The molecule has 0 saturated carbocycles. The monoisotopic (exact) mass is 252 g/mol. The summed E-state index contributed by atoms with van der Waals surface area (Å²) >= 11 is 0. The van der Waals surface area contributed by atoms with Crippen molar-refractivity contribution in [2.24, 2.45) is 5.41 Å². The average Bonchev–Trinajstić information content (AvgIpc) is 2.79. The molecule has 18 heavy (non-hydrogen) atoms. The van der Waals surface area contributed by atoms with Gasteiger partial charge in [0.05, 0.1) is 6.04 Å². The van der Waals surface area contributed by atoms with Crippen LogP contribution in [-0.4, -0.2) is 29.8 Å². The van der Waals surface area contributed by atoms with Gasteiger partial charge in [-0.25, -0.2) is 0 Å². The van der Waals surface area contributed by atoms with E-state index in [9.17, 15) is 0 Å². The molecule has 0 bridgehead atoms. The van der Waals surface area contributed by atoms with Crippen molar-refractivity contribution in [1.82, 2.24) is 15.5 Å². The third kappa shape index (κ3) is 2.51. The van der Waals surface area contributed by atoms with Gasteiger partial charge in [0.15, 0.2) is 0 Å². The van der Waals surface area contributed by atoms with Crippen LogP contribution in [0.5, 0.6) is 0 Å². The Balaban J connectivity index is 2.18. The molecule has 1 fully saturated rings. The molecule has 0 radical (unpaired) electrons. The summed E-state index contributed by atoms with van der Waals surface area (Å²) in [7, 11) is 0. The molecule has 1 atom stereocenters. The highest BCUT2D eigenvalue weighted by Gasteiger charge is 2.37. The molecular weight excluding hydrogens is 228 g/mol. The van der Waals surface area contributed by atoms with Gasteiger partial charge in [0.1, 0.15) is 0 Å². The fraction of sp³-hybridized carbons (Fsp3) is 0.846. The molecular formula is C13H24N4O. The van der Waals surface area contributed by atoms with E-state index in [1.807, 2.05) is 0 Å². The number of hydrogen-bond acceptors (Lipinski definition) is 5. The van der Waals surface area contributed by atoms with Crippen molar-refractivity contribution in [2.75, 3.05) is 24.5 Å². The standard InChI is InChI=1S/C13H24N4O/c1-5-17(6-2)12-15-11(18-16-12)10-13(3,4)8-7-9-14-10/h10,14H,5-9H2,1-4H3. The van der Waals surface area contributed by atoms with Crippen LogP contribution in [0.15, 0.2) is 4.52 Å². The van der Waals surface area contributed by atoms with Crippen molar-refractivity contribution in [3.8, 4) is 0 Å². The Morgan fingerprint density at radius 1 is 1.39 bits per heavy atom. The third-order valence-corrected chi connectivity index (χ3v) is 3.85. The number of nitrogens with zero attached hydrogens (tertiary/aromatic N) is 3. The Bertz CT molecular complexity index is 384. The van der Waals surface area contributed by atoms with Gasteiger partial charge in [0, 0.05) is 13.1 Å². The lowest BCUT2D eigenvalue weighted by molar-refractivity contribution is 0.146. The summed E-state index contributed by atoms with van der Waals surface area (Å²) in [6.07, 6.45) is 2.40. The van der Waals surface area contributed by atoms with Crippen molar-refractivity contribution >= 4 is 5.95 Å².